The molecule has 0 saturated heterocycles. The summed E-state index contributed by atoms with van der Waals surface area (Å²) in [6.45, 7) is 3.64. The first kappa shape index (κ1) is 9.71. The third-order valence-corrected chi connectivity index (χ3v) is 1.85. The van der Waals surface area contributed by atoms with Gasteiger partial charge in [0.2, 0.25) is 0 Å². The number of hydrogen-bond donors (Lipinski definition) is 0. The normalized spacial score (nSPS) is 10.0. The molecule has 0 aromatic carbocycles. The van der Waals surface area contributed by atoms with Gasteiger partial charge in [-0.05, 0) is 6.07 Å². The van der Waals surface area contributed by atoms with Gasteiger partial charge in [-0.3, -0.25) is 4.79 Å². The molecule has 1 aromatic rings. The first-order valence-corrected chi connectivity index (χ1v) is 4.35. The zero-order chi connectivity index (χ0) is 9.84. The summed E-state index contributed by atoms with van der Waals surface area (Å²) in [4.78, 5) is 22.2. The van der Waals surface area contributed by atoms with Crippen LogP contribution in [-0.2, 0) is 6.42 Å². The summed E-state index contributed by atoms with van der Waals surface area (Å²) in [6.07, 6.45) is 0.998. The average Bonchev–Trinajstić information content (AvgIpc) is 2.16. The van der Waals surface area contributed by atoms with Crippen molar-refractivity contribution >= 4 is 5.78 Å². The van der Waals surface area contributed by atoms with E-state index in [4.69, 9.17) is 4.42 Å². The summed E-state index contributed by atoms with van der Waals surface area (Å²) in [6, 6.07) is 2.82. The second-order valence-electron chi connectivity index (χ2n) is 2.72. The Kier molecular flexibility index (Phi) is 3.01. The Labute approximate surface area is 76.4 Å². The molecule has 0 fully saturated rings. The molecule has 0 aliphatic heterocycles. The lowest BCUT2D eigenvalue weighted by atomic mass is 10.1. The summed E-state index contributed by atoms with van der Waals surface area (Å²) in [5.74, 6) is 0.500. The van der Waals surface area contributed by atoms with Crippen molar-refractivity contribution in [1.82, 2.24) is 0 Å². The van der Waals surface area contributed by atoms with Crippen LogP contribution >= 0.6 is 0 Å². The maximum atomic E-state index is 11.3. The van der Waals surface area contributed by atoms with Crippen molar-refractivity contribution < 1.29 is 9.21 Å². The monoisotopic (exact) mass is 180 g/mol. The summed E-state index contributed by atoms with van der Waals surface area (Å²) in [5, 5.41) is 0. The van der Waals surface area contributed by atoms with Crippen LogP contribution in [0.5, 0.6) is 0 Å². The van der Waals surface area contributed by atoms with Crippen LogP contribution in [0.2, 0.25) is 0 Å². The van der Waals surface area contributed by atoms with Gasteiger partial charge >= 0.3 is 5.63 Å². The van der Waals surface area contributed by atoms with Gasteiger partial charge in [0.1, 0.15) is 5.76 Å². The van der Waals surface area contributed by atoms with Crippen molar-refractivity contribution in [3.63, 3.8) is 0 Å². The van der Waals surface area contributed by atoms with E-state index in [1.807, 2.05) is 6.92 Å². The van der Waals surface area contributed by atoms with E-state index in [1.165, 1.54) is 12.1 Å². The van der Waals surface area contributed by atoms with Gasteiger partial charge in [0, 0.05) is 18.9 Å². The Morgan fingerprint density at radius 1 is 1.38 bits per heavy atom. The first-order valence-electron chi connectivity index (χ1n) is 4.35. The highest BCUT2D eigenvalue weighted by molar-refractivity contribution is 5.96. The molecule has 0 saturated carbocycles. The van der Waals surface area contributed by atoms with Gasteiger partial charge < -0.3 is 4.42 Å². The molecule has 0 aliphatic carbocycles. The lowest BCUT2D eigenvalue weighted by Gasteiger charge is -2.01. The van der Waals surface area contributed by atoms with Crippen LogP contribution in [0.15, 0.2) is 21.3 Å². The van der Waals surface area contributed by atoms with Crippen molar-refractivity contribution in [2.45, 2.75) is 26.7 Å². The fourth-order valence-electron chi connectivity index (χ4n) is 1.16. The zero-order valence-corrected chi connectivity index (χ0v) is 7.79. The molecule has 3 heteroatoms. The first-order chi connectivity index (χ1) is 6.19. The Morgan fingerprint density at radius 2 is 2.08 bits per heavy atom. The highest BCUT2D eigenvalue weighted by atomic mass is 16.4. The van der Waals surface area contributed by atoms with Crippen LogP contribution in [-0.4, -0.2) is 5.78 Å². The van der Waals surface area contributed by atoms with Crippen molar-refractivity contribution in [3.8, 4) is 0 Å². The molecule has 1 aromatic heterocycles. The molecular formula is C10H12O3. The van der Waals surface area contributed by atoms with Crippen LogP contribution in [0.1, 0.15) is 36.4 Å². The van der Waals surface area contributed by atoms with Crippen LogP contribution in [0, 0.1) is 0 Å². The molecule has 0 atom stereocenters. The van der Waals surface area contributed by atoms with Gasteiger partial charge in [-0.15, -0.1) is 0 Å². The molecule has 1 heterocycles. The molecule has 0 radical (unpaired) electrons. The fourth-order valence-corrected chi connectivity index (χ4v) is 1.16. The van der Waals surface area contributed by atoms with Crippen molar-refractivity contribution in [2.75, 3.05) is 0 Å². The zero-order valence-electron chi connectivity index (χ0n) is 7.79. The van der Waals surface area contributed by atoms with E-state index in [2.05, 4.69) is 0 Å². The third-order valence-electron chi connectivity index (χ3n) is 1.85. The number of carbonyl (C=O) groups excluding carboxylic acids is 1. The Hall–Kier alpha value is -1.38. The van der Waals surface area contributed by atoms with Gasteiger partial charge in [-0.1, -0.05) is 13.8 Å². The van der Waals surface area contributed by atoms with Crippen molar-refractivity contribution in [1.29, 1.82) is 0 Å². The van der Waals surface area contributed by atoms with E-state index in [0.29, 0.717) is 24.2 Å². The molecule has 0 unspecified atom stereocenters. The predicted octanol–water partition coefficient (Wildman–Crippen LogP) is 1.79. The number of aryl methyl sites for hydroxylation is 1. The molecule has 0 amide bonds. The molecule has 0 spiro atoms. The second kappa shape index (κ2) is 4.03. The Bertz CT molecular complexity index is 363. The van der Waals surface area contributed by atoms with Crippen molar-refractivity contribution in [3.05, 3.63) is 33.9 Å². The van der Waals surface area contributed by atoms with Gasteiger partial charge in [0.15, 0.2) is 5.78 Å². The molecule has 1 rings (SSSR count). The smallest absolute Gasteiger partial charge is 0.335 e. The van der Waals surface area contributed by atoms with E-state index in [1.54, 1.807) is 6.92 Å². The molecule has 3 nitrogen and oxygen atoms in total. The van der Waals surface area contributed by atoms with E-state index in [9.17, 15) is 9.59 Å². The van der Waals surface area contributed by atoms with Crippen LogP contribution < -0.4 is 5.63 Å². The molecular weight excluding hydrogens is 168 g/mol. The van der Waals surface area contributed by atoms with E-state index in [-0.39, 0.29) is 5.78 Å². The minimum Gasteiger partial charge on any atom is -0.427 e. The minimum atomic E-state index is -0.399. The fraction of sp³-hybridized carbons (Fsp3) is 0.400. The second-order valence-corrected chi connectivity index (χ2v) is 2.72. The third kappa shape index (κ3) is 2.05. The van der Waals surface area contributed by atoms with Gasteiger partial charge in [0.05, 0.1) is 5.56 Å². The minimum absolute atomic E-state index is 0.0144. The quantitative estimate of drug-likeness (QED) is 0.666. The maximum Gasteiger partial charge on any atom is 0.335 e. The van der Waals surface area contributed by atoms with E-state index < -0.39 is 5.63 Å². The molecule has 0 bridgehead atoms. The number of carbonyl (C=O) groups is 1. The maximum absolute atomic E-state index is 11.3. The van der Waals surface area contributed by atoms with Crippen LogP contribution in [0.4, 0.5) is 0 Å². The van der Waals surface area contributed by atoms with Crippen LogP contribution in [0.3, 0.4) is 0 Å². The van der Waals surface area contributed by atoms with Gasteiger partial charge in [-0.25, -0.2) is 4.79 Å². The number of Topliss-reactive ketones (excluding diaryl/α,β-unsaturated/α-hetero) is 1. The number of ketones is 1. The SMILES string of the molecule is CCC(=O)c1ccc(=O)oc1CC. The van der Waals surface area contributed by atoms with Gasteiger partial charge in [0.25, 0.3) is 0 Å². The highest BCUT2D eigenvalue weighted by Crippen LogP contribution is 2.09. The van der Waals surface area contributed by atoms with Crippen LogP contribution in [0.25, 0.3) is 0 Å². The van der Waals surface area contributed by atoms with Gasteiger partial charge in [-0.2, -0.15) is 0 Å². The summed E-state index contributed by atoms with van der Waals surface area (Å²) >= 11 is 0. The summed E-state index contributed by atoms with van der Waals surface area (Å²) < 4.78 is 4.90. The lowest BCUT2D eigenvalue weighted by molar-refractivity contribution is 0.0984. The summed E-state index contributed by atoms with van der Waals surface area (Å²) in [5.41, 5.74) is 0.133. The topological polar surface area (TPSA) is 47.3 Å². The standard InChI is InChI=1S/C10H12O3/c1-3-8(11)7-5-6-10(12)13-9(7)4-2/h5-6H,3-4H2,1-2H3. The molecule has 13 heavy (non-hydrogen) atoms. The highest BCUT2D eigenvalue weighted by Gasteiger charge is 2.10. The molecule has 70 valence electrons. The predicted molar refractivity (Wildman–Crippen MR) is 49.0 cm³/mol. The molecule has 0 N–H and O–H groups in total. The summed E-state index contributed by atoms with van der Waals surface area (Å²) in [7, 11) is 0. The Balaban J connectivity index is 3.21. The van der Waals surface area contributed by atoms with Crippen molar-refractivity contribution in [2.24, 2.45) is 0 Å². The largest absolute Gasteiger partial charge is 0.427 e. The Morgan fingerprint density at radius 3 is 2.62 bits per heavy atom. The van der Waals surface area contributed by atoms with E-state index >= 15 is 0 Å². The lowest BCUT2D eigenvalue weighted by Crippen LogP contribution is -2.07. The number of rotatable bonds is 3. The average molecular weight is 180 g/mol. The number of hydrogen-bond acceptors (Lipinski definition) is 3. The van der Waals surface area contributed by atoms with E-state index in [0.717, 1.165) is 0 Å². The molecule has 0 aliphatic rings.